The Morgan fingerprint density at radius 3 is 1.90 bits per heavy atom. The zero-order valence-corrected chi connectivity index (χ0v) is 19.4. The van der Waals surface area contributed by atoms with Gasteiger partial charge in [0.1, 0.15) is 30.8 Å². The van der Waals surface area contributed by atoms with Crippen LogP contribution in [0.15, 0.2) is 48.5 Å². The van der Waals surface area contributed by atoms with Gasteiger partial charge in [0.25, 0.3) is 0 Å². The van der Waals surface area contributed by atoms with Crippen LogP contribution in [0.4, 0.5) is 4.39 Å². The van der Waals surface area contributed by atoms with Crippen LogP contribution >= 0.6 is 11.6 Å². The van der Waals surface area contributed by atoms with Crippen molar-refractivity contribution in [3.8, 4) is 11.5 Å². The predicted octanol–water partition coefficient (Wildman–Crippen LogP) is 5.52. The van der Waals surface area contributed by atoms with Gasteiger partial charge >= 0.3 is 0 Å². The molecule has 2 atom stereocenters. The van der Waals surface area contributed by atoms with Crippen LogP contribution in [-0.4, -0.2) is 49.7 Å². The van der Waals surface area contributed by atoms with E-state index in [0.717, 1.165) is 24.0 Å². The molecule has 31 heavy (non-hydrogen) atoms. The fourth-order valence-electron chi connectivity index (χ4n) is 3.03. The van der Waals surface area contributed by atoms with Crippen LogP contribution in [0.1, 0.15) is 44.7 Å². The van der Waals surface area contributed by atoms with Crippen molar-refractivity contribution in [2.45, 2.75) is 51.3 Å². The molecule has 0 aromatic heterocycles. The van der Waals surface area contributed by atoms with E-state index in [2.05, 4.69) is 20.8 Å². The molecule has 0 aliphatic heterocycles. The summed E-state index contributed by atoms with van der Waals surface area (Å²) in [6.07, 6.45) is 0.156. The third-order valence-electron chi connectivity index (χ3n) is 5.14. The number of aliphatic hydroxyl groups excluding tert-OH is 1. The summed E-state index contributed by atoms with van der Waals surface area (Å²) in [6, 6.07) is 15.5. The molecule has 2 rings (SSSR count). The van der Waals surface area contributed by atoms with Crippen LogP contribution in [-0.2, 0) is 10.2 Å². The Hall–Kier alpha value is -1.82. The second kappa shape index (κ2) is 12.9. The number of alkyl halides is 2. The largest absolute Gasteiger partial charge is 0.491 e. The molecule has 0 radical (unpaired) electrons. The highest BCUT2D eigenvalue weighted by atomic mass is 35.5. The van der Waals surface area contributed by atoms with E-state index in [1.807, 2.05) is 48.5 Å². The van der Waals surface area contributed by atoms with Gasteiger partial charge < -0.3 is 19.3 Å². The predicted molar refractivity (Wildman–Crippen MR) is 123 cm³/mol. The zero-order valence-electron chi connectivity index (χ0n) is 18.7. The molecule has 4 nitrogen and oxygen atoms in total. The SMILES string of the molecule is CCCCOCC([18F])COc1ccc(C(C)(C)c2ccc(OCC(O)CCl)cc2)cc1. The third kappa shape index (κ3) is 8.32. The number of halogens is 2. The van der Waals surface area contributed by atoms with Crippen LogP contribution in [0.25, 0.3) is 0 Å². The number of benzene rings is 2. The summed E-state index contributed by atoms with van der Waals surface area (Å²) < 4.78 is 30.3. The van der Waals surface area contributed by atoms with Gasteiger partial charge in [0, 0.05) is 12.0 Å². The fraction of sp³-hybridized carbons (Fsp3) is 0.520. The second-order valence-electron chi connectivity index (χ2n) is 8.13. The van der Waals surface area contributed by atoms with Crippen molar-refractivity contribution in [3.63, 3.8) is 0 Å². The number of aliphatic hydroxyl groups is 1. The lowest BCUT2D eigenvalue weighted by atomic mass is 9.78. The highest BCUT2D eigenvalue weighted by Crippen LogP contribution is 2.33. The van der Waals surface area contributed by atoms with Crippen LogP contribution in [0.2, 0.25) is 0 Å². The lowest BCUT2D eigenvalue weighted by Gasteiger charge is -2.26. The van der Waals surface area contributed by atoms with E-state index in [0.29, 0.717) is 18.1 Å². The summed E-state index contributed by atoms with van der Waals surface area (Å²) in [5, 5.41) is 9.51. The molecule has 172 valence electrons. The normalized spacial score (nSPS) is 13.6. The molecular formula is C25H34ClFO4. The Bertz CT molecular complexity index is 749. The number of ether oxygens (including phenoxy) is 3. The minimum atomic E-state index is -1.14. The number of hydrogen-bond acceptors (Lipinski definition) is 4. The molecular weight excluding hydrogens is 418 g/mol. The van der Waals surface area contributed by atoms with Gasteiger partial charge in [0.05, 0.1) is 12.5 Å². The van der Waals surface area contributed by atoms with Crippen molar-refractivity contribution in [2.75, 3.05) is 32.3 Å². The smallest absolute Gasteiger partial charge is 0.157 e. The molecule has 0 spiro atoms. The Balaban J connectivity index is 1.90. The summed E-state index contributed by atoms with van der Waals surface area (Å²) in [6.45, 7) is 7.15. The maximum absolute atomic E-state index is 13.9. The van der Waals surface area contributed by atoms with E-state index in [1.54, 1.807) is 0 Å². The summed E-state index contributed by atoms with van der Waals surface area (Å²) >= 11 is 5.58. The maximum atomic E-state index is 13.9. The highest BCUT2D eigenvalue weighted by Gasteiger charge is 2.23. The highest BCUT2D eigenvalue weighted by molar-refractivity contribution is 6.18. The van der Waals surface area contributed by atoms with E-state index in [9.17, 15) is 9.50 Å². The van der Waals surface area contributed by atoms with Crippen LogP contribution in [0.5, 0.6) is 11.5 Å². The minimum Gasteiger partial charge on any atom is -0.491 e. The summed E-state index contributed by atoms with van der Waals surface area (Å²) in [5.74, 6) is 1.47. The van der Waals surface area contributed by atoms with Crippen molar-refractivity contribution in [3.05, 3.63) is 59.7 Å². The first-order valence-corrected chi connectivity index (χ1v) is 11.3. The van der Waals surface area contributed by atoms with E-state index in [-0.39, 0.29) is 31.1 Å². The van der Waals surface area contributed by atoms with Gasteiger partial charge in [-0.15, -0.1) is 11.6 Å². The Labute approximate surface area is 190 Å². The Kier molecular flexibility index (Phi) is 10.6. The summed E-state index contributed by atoms with van der Waals surface area (Å²) in [5.41, 5.74) is 2.01. The first-order chi connectivity index (χ1) is 14.9. The Morgan fingerprint density at radius 2 is 1.42 bits per heavy atom. The standard InChI is InChI=1S/C25H34ClFO4/c1-4-5-14-29-16-21(27)17-30-23-10-6-19(7-11-23)25(2,3)20-8-12-24(13-9-20)31-18-22(28)15-26/h6-13,21-22,28H,4-5,14-18H2,1-3H3/i27-1. The molecule has 6 heteroatoms. The minimum absolute atomic E-state index is 0.0191. The second-order valence-corrected chi connectivity index (χ2v) is 8.44. The number of unbranched alkanes of at least 4 members (excludes halogenated alkanes) is 1. The molecule has 0 aliphatic carbocycles. The molecule has 0 heterocycles. The van der Waals surface area contributed by atoms with Gasteiger partial charge in [0.15, 0.2) is 6.17 Å². The van der Waals surface area contributed by atoms with Crippen molar-refractivity contribution in [2.24, 2.45) is 0 Å². The van der Waals surface area contributed by atoms with Crippen molar-refractivity contribution in [1.29, 1.82) is 0 Å². The van der Waals surface area contributed by atoms with Gasteiger partial charge in [-0.2, -0.15) is 0 Å². The number of hydrogen-bond donors (Lipinski definition) is 1. The van der Waals surface area contributed by atoms with Crippen molar-refractivity contribution < 1.29 is 23.7 Å². The lowest BCUT2D eigenvalue weighted by molar-refractivity contribution is 0.0565. The first-order valence-electron chi connectivity index (χ1n) is 10.8. The molecule has 0 saturated heterocycles. The molecule has 2 aromatic carbocycles. The third-order valence-corrected chi connectivity index (χ3v) is 5.50. The summed E-state index contributed by atoms with van der Waals surface area (Å²) in [4.78, 5) is 0. The maximum Gasteiger partial charge on any atom is 0.157 e. The van der Waals surface area contributed by atoms with Gasteiger partial charge in [0.2, 0.25) is 0 Å². The van der Waals surface area contributed by atoms with Gasteiger partial charge in [-0.3, -0.25) is 0 Å². The van der Waals surface area contributed by atoms with Gasteiger partial charge in [-0.05, 0) is 41.8 Å². The average Bonchev–Trinajstić information content (AvgIpc) is 2.79. The van der Waals surface area contributed by atoms with Crippen LogP contribution in [0.3, 0.4) is 0 Å². The van der Waals surface area contributed by atoms with Crippen LogP contribution < -0.4 is 9.47 Å². The fourth-order valence-corrected chi connectivity index (χ4v) is 3.12. The molecule has 0 saturated carbocycles. The van der Waals surface area contributed by atoms with Gasteiger partial charge in [-0.1, -0.05) is 51.5 Å². The average molecular weight is 452 g/mol. The summed E-state index contributed by atoms with van der Waals surface area (Å²) in [7, 11) is 0. The van der Waals surface area contributed by atoms with Gasteiger partial charge in [-0.25, -0.2) is 4.39 Å². The number of rotatable bonds is 14. The molecule has 2 unspecified atom stereocenters. The quantitative estimate of drug-likeness (QED) is 0.303. The molecule has 0 bridgehead atoms. The zero-order chi connectivity index (χ0) is 22.7. The van der Waals surface area contributed by atoms with E-state index in [1.165, 1.54) is 0 Å². The first kappa shape index (κ1) is 25.4. The molecule has 0 aliphatic rings. The lowest BCUT2D eigenvalue weighted by Crippen LogP contribution is -2.20. The molecule has 0 fully saturated rings. The molecule has 0 amide bonds. The molecule has 1 N–H and O–H groups in total. The van der Waals surface area contributed by atoms with Crippen LogP contribution in [0, 0.1) is 0 Å². The molecule has 2 aromatic rings. The van der Waals surface area contributed by atoms with E-state index >= 15 is 0 Å². The van der Waals surface area contributed by atoms with E-state index in [4.69, 9.17) is 25.8 Å². The van der Waals surface area contributed by atoms with Crippen molar-refractivity contribution >= 4 is 11.6 Å². The Morgan fingerprint density at radius 1 is 0.903 bits per heavy atom. The van der Waals surface area contributed by atoms with E-state index < -0.39 is 12.3 Å². The monoisotopic (exact) mass is 451 g/mol. The topological polar surface area (TPSA) is 47.9 Å². The van der Waals surface area contributed by atoms with Crippen molar-refractivity contribution in [1.82, 2.24) is 0 Å².